The largest absolute Gasteiger partial charge is 0.324 e. The molecule has 3 aromatic rings. The van der Waals surface area contributed by atoms with Gasteiger partial charge in [-0.15, -0.1) is 11.3 Å². The summed E-state index contributed by atoms with van der Waals surface area (Å²) in [6.45, 7) is 1.01. The smallest absolute Gasteiger partial charge is 0.279 e. The van der Waals surface area contributed by atoms with Gasteiger partial charge in [0.25, 0.3) is 5.91 Å². The molecular formula is C17H16Cl2N3OS+. The summed E-state index contributed by atoms with van der Waals surface area (Å²) in [6, 6.07) is 13.0. The summed E-state index contributed by atoms with van der Waals surface area (Å²) in [6.07, 6.45) is 0. The summed E-state index contributed by atoms with van der Waals surface area (Å²) < 4.78 is 1.16. The Morgan fingerprint density at radius 3 is 2.83 bits per heavy atom. The number of thiazole rings is 1. The predicted molar refractivity (Wildman–Crippen MR) is 100 cm³/mol. The molecule has 1 unspecified atom stereocenters. The van der Waals surface area contributed by atoms with Crippen molar-refractivity contribution in [2.24, 2.45) is 0 Å². The van der Waals surface area contributed by atoms with Crippen LogP contribution in [0.3, 0.4) is 0 Å². The number of aromatic nitrogens is 1. The van der Waals surface area contributed by atoms with Crippen molar-refractivity contribution in [3.05, 3.63) is 57.5 Å². The predicted octanol–water partition coefficient (Wildman–Crippen LogP) is 3.26. The van der Waals surface area contributed by atoms with E-state index in [2.05, 4.69) is 16.4 Å². The maximum atomic E-state index is 12.2. The van der Waals surface area contributed by atoms with Gasteiger partial charge in [0.2, 0.25) is 0 Å². The maximum absolute atomic E-state index is 12.2. The van der Waals surface area contributed by atoms with Crippen molar-refractivity contribution in [3.8, 4) is 0 Å². The van der Waals surface area contributed by atoms with Crippen LogP contribution in [0.25, 0.3) is 10.2 Å². The van der Waals surface area contributed by atoms with Gasteiger partial charge in [-0.25, -0.2) is 4.98 Å². The Morgan fingerprint density at radius 1 is 1.25 bits per heavy atom. The van der Waals surface area contributed by atoms with E-state index < -0.39 is 0 Å². The molecule has 0 aliphatic rings. The molecule has 0 bridgehead atoms. The lowest BCUT2D eigenvalue weighted by atomic mass is 10.3. The summed E-state index contributed by atoms with van der Waals surface area (Å²) in [5, 5.41) is 4.82. The van der Waals surface area contributed by atoms with Crippen LogP contribution in [0.2, 0.25) is 10.0 Å². The number of nitrogens with zero attached hydrogens (tertiary/aromatic N) is 1. The topological polar surface area (TPSA) is 46.4 Å². The van der Waals surface area contributed by atoms with Crippen LogP contribution in [-0.4, -0.2) is 24.5 Å². The molecule has 1 aromatic heterocycles. The van der Waals surface area contributed by atoms with Gasteiger partial charge in [-0.2, -0.15) is 0 Å². The first-order valence-corrected chi connectivity index (χ1v) is 8.99. The first kappa shape index (κ1) is 17.2. The van der Waals surface area contributed by atoms with Gasteiger partial charge in [0.05, 0.1) is 28.0 Å². The maximum Gasteiger partial charge on any atom is 0.279 e. The summed E-state index contributed by atoms with van der Waals surface area (Å²) in [4.78, 5) is 17.8. The van der Waals surface area contributed by atoms with Gasteiger partial charge in [-0.1, -0.05) is 35.3 Å². The Hall–Kier alpha value is -1.66. The molecule has 2 N–H and O–H groups in total. The van der Waals surface area contributed by atoms with Crippen molar-refractivity contribution in [3.63, 3.8) is 0 Å². The summed E-state index contributed by atoms with van der Waals surface area (Å²) in [7, 11) is 1.96. The molecule has 1 heterocycles. The average molecular weight is 381 g/mol. The normalized spacial score (nSPS) is 12.3. The van der Waals surface area contributed by atoms with Gasteiger partial charge in [-0.3, -0.25) is 4.79 Å². The highest BCUT2D eigenvalue weighted by molar-refractivity contribution is 7.18. The van der Waals surface area contributed by atoms with Crippen LogP contribution in [0.15, 0.2) is 42.5 Å². The fraction of sp³-hybridized carbons (Fsp3) is 0.176. The van der Waals surface area contributed by atoms with E-state index in [0.717, 1.165) is 20.1 Å². The second-order valence-electron chi connectivity index (χ2n) is 5.56. The van der Waals surface area contributed by atoms with E-state index in [4.69, 9.17) is 23.2 Å². The van der Waals surface area contributed by atoms with Gasteiger partial charge in [0.15, 0.2) is 6.54 Å². The number of nitrogens with one attached hydrogen (secondary N) is 2. The van der Waals surface area contributed by atoms with Gasteiger partial charge in [0, 0.05) is 5.02 Å². The zero-order valence-electron chi connectivity index (χ0n) is 13.0. The van der Waals surface area contributed by atoms with E-state index >= 15 is 0 Å². The number of para-hydroxylation sites is 1. The number of hydrogen-bond donors (Lipinski definition) is 2. The van der Waals surface area contributed by atoms with Crippen molar-refractivity contribution in [1.29, 1.82) is 0 Å². The number of quaternary nitrogens is 1. The minimum absolute atomic E-state index is 0.113. The lowest BCUT2D eigenvalue weighted by Gasteiger charge is -2.13. The van der Waals surface area contributed by atoms with Crippen molar-refractivity contribution in [2.45, 2.75) is 6.54 Å². The Labute approximate surface area is 154 Å². The SMILES string of the molecule is C[NH+](CC(=O)Nc1cc(Cl)ccc1Cl)Cc1nc2ccccc2s1. The molecule has 24 heavy (non-hydrogen) atoms. The standard InChI is InChI=1S/C17H15Cl2N3OS/c1-22(10-17-21-13-4-2-3-5-15(13)24-17)9-16(23)20-14-8-11(18)6-7-12(14)19/h2-8H,9-10H2,1H3,(H,20,23)/p+1. The van der Waals surface area contributed by atoms with Crippen molar-refractivity contribution in [2.75, 3.05) is 18.9 Å². The van der Waals surface area contributed by atoms with Crippen molar-refractivity contribution in [1.82, 2.24) is 4.98 Å². The van der Waals surface area contributed by atoms with E-state index in [0.29, 0.717) is 28.8 Å². The highest BCUT2D eigenvalue weighted by Gasteiger charge is 2.14. The van der Waals surface area contributed by atoms with Gasteiger partial charge >= 0.3 is 0 Å². The number of benzene rings is 2. The molecule has 0 aliphatic carbocycles. The van der Waals surface area contributed by atoms with E-state index in [1.165, 1.54) is 0 Å². The molecule has 0 fully saturated rings. The quantitative estimate of drug-likeness (QED) is 0.713. The van der Waals surface area contributed by atoms with Crippen LogP contribution in [0.5, 0.6) is 0 Å². The average Bonchev–Trinajstić information content (AvgIpc) is 2.92. The van der Waals surface area contributed by atoms with Crippen LogP contribution in [0.1, 0.15) is 5.01 Å². The van der Waals surface area contributed by atoms with E-state index in [9.17, 15) is 4.79 Å². The number of anilines is 1. The lowest BCUT2D eigenvalue weighted by Crippen LogP contribution is -3.08. The number of rotatable bonds is 5. The molecular weight excluding hydrogens is 365 g/mol. The zero-order chi connectivity index (χ0) is 17.1. The number of carbonyl (C=O) groups is 1. The highest BCUT2D eigenvalue weighted by atomic mass is 35.5. The third-order valence-corrected chi connectivity index (χ3v) is 5.06. The van der Waals surface area contributed by atoms with Gasteiger partial charge in [0.1, 0.15) is 11.6 Å². The summed E-state index contributed by atoms with van der Waals surface area (Å²) in [5.74, 6) is -0.113. The van der Waals surface area contributed by atoms with Crippen LogP contribution in [0.4, 0.5) is 5.69 Å². The minimum Gasteiger partial charge on any atom is -0.324 e. The first-order valence-electron chi connectivity index (χ1n) is 7.42. The first-order chi connectivity index (χ1) is 11.5. The fourth-order valence-corrected chi connectivity index (χ4v) is 3.80. The molecule has 4 nitrogen and oxygen atoms in total. The molecule has 2 aromatic carbocycles. The highest BCUT2D eigenvalue weighted by Crippen LogP contribution is 2.25. The number of halogens is 2. The molecule has 0 radical (unpaired) electrons. The van der Waals surface area contributed by atoms with Gasteiger partial charge < -0.3 is 10.2 Å². The van der Waals surface area contributed by atoms with E-state index in [1.54, 1.807) is 29.5 Å². The molecule has 3 rings (SSSR count). The molecule has 0 aliphatic heterocycles. The lowest BCUT2D eigenvalue weighted by molar-refractivity contribution is -0.885. The molecule has 0 spiro atoms. The summed E-state index contributed by atoms with van der Waals surface area (Å²) >= 11 is 13.7. The Balaban J connectivity index is 1.60. The number of amides is 1. The molecule has 0 saturated carbocycles. The molecule has 124 valence electrons. The summed E-state index contributed by atoms with van der Waals surface area (Å²) in [5.41, 5.74) is 1.53. The van der Waals surface area contributed by atoms with E-state index in [1.807, 2.05) is 25.2 Å². The van der Waals surface area contributed by atoms with E-state index in [-0.39, 0.29) is 5.91 Å². The fourth-order valence-electron chi connectivity index (χ4n) is 2.38. The second kappa shape index (κ2) is 7.49. The Bertz CT molecular complexity index is 848. The monoisotopic (exact) mass is 380 g/mol. The number of fused-ring (bicyclic) bond motifs is 1. The number of hydrogen-bond acceptors (Lipinski definition) is 3. The second-order valence-corrected chi connectivity index (χ2v) is 7.52. The Kier molecular flexibility index (Phi) is 5.36. The van der Waals surface area contributed by atoms with Crippen molar-refractivity contribution < 1.29 is 9.69 Å². The zero-order valence-corrected chi connectivity index (χ0v) is 15.3. The third kappa shape index (κ3) is 4.24. The van der Waals surface area contributed by atoms with Crippen LogP contribution in [-0.2, 0) is 11.3 Å². The Morgan fingerprint density at radius 2 is 2.04 bits per heavy atom. The van der Waals surface area contributed by atoms with Crippen LogP contribution >= 0.6 is 34.5 Å². The minimum atomic E-state index is -0.113. The van der Waals surface area contributed by atoms with Gasteiger partial charge in [-0.05, 0) is 30.3 Å². The molecule has 1 amide bonds. The number of likely N-dealkylation sites (N-methyl/N-ethyl adjacent to an activating group) is 1. The van der Waals surface area contributed by atoms with Crippen molar-refractivity contribution >= 4 is 56.3 Å². The molecule has 0 saturated heterocycles. The molecule has 1 atom stereocenters. The third-order valence-electron chi connectivity index (χ3n) is 3.46. The van der Waals surface area contributed by atoms with Crippen LogP contribution < -0.4 is 10.2 Å². The molecule has 7 heteroatoms. The van der Waals surface area contributed by atoms with Crippen LogP contribution in [0, 0.1) is 0 Å². The number of carbonyl (C=O) groups excluding carboxylic acids is 1.